The summed E-state index contributed by atoms with van der Waals surface area (Å²) in [6.45, 7) is 0. The number of allylic oxidation sites excluding steroid dienone is 2. The van der Waals surface area contributed by atoms with Crippen LogP contribution in [0.25, 0.3) is 0 Å². The molecule has 0 heterocycles. The van der Waals surface area contributed by atoms with Gasteiger partial charge in [-0.3, -0.25) is 0 Å². The standard InChI is InChI=1S/C16H15.Ti/c1-3-9-15(10-4-1)13-7-8-14-16-11-5-2-6-12-16;/h1-13H,14H2;/b8-7+;. The predicted molar refractivity (Wildman–Crippen MR) is 68.5 cm³/mol. The summed E-state index contributed by atoms with van der Waals surface area (Å²) >= 11 is 2.23. The molecule has 2 rings (SSSR count). The van der Waals surface area contributed by atoms with E-state index in [4.69, 9.17) is 0 Å². The molecule has 2 aromatic rings. The van der Waals surface area contributed by atoms with Crippen molar-refractivity contribution in [3.05, 3.63) is 83.9 Å². The van der Waals surface area contributed by atoms with Gasteiger partial charge in [-0.15, -0.1) is 0 Å². The molecule has 1 unspecified atom stereocenters. The van der Waals surface area contributed by atoms with Crippen molar-refractivity contribution in [2.75, 3.05) is 0 Å². The Kier molecular flexibility index (Phi) is 4.79. The van der Waals surface area contributed by atoms with Gasteiger partial charge in [0.15, 0.2) is 0 Å². The second kappa shape index (κ2) is 6.59. The second-order valence-corrected chi connectivity index (χ2v) is 4.98. The summed E-state index contributed by atoms with van der Waals surface area (Å²) in [5.74, 6) is 0. The Bertz CT molecular complexity index is 459. The zero-order valence-electron chi connectivity index (χ0n) is 9.71. The van der Waals surface area contributed by atoms with Gasteiger partial charge in [-0.2, -0.15) is 0 Å². The Morgan fingerprint density at radius 1 is 0.882 bits per heavy atom. The Morgan fingerprint density at radius 2 is 1.47 bits per heavy atom. The molecule has 0 aromatic heterocycles. The van der Waals surface area contributed by atoms with Crippen LogP contribution < -0.4 is 0 Å². The van der Waals surface area contributed by atoms with E-state index >= 15 is 0 Å². The normalized spacial score (nSPS) is 12.6. The monoisotopic (exact) mass is 255 g/mol. The van der Waals surface area contributed by atoms with Crippen molar-refractivity contribution in [2.24, 2.45) is 0 Å². The molecule has 0 radical (unpaired) electrons. The van der Waals surface area contributed by atoms with Gasteiger partial charge in [-0.1, -0.05) is 0 Å². The van der Waals surface area contributed by atoms with E-state index in [1.54, 1.807) is 0 Å². The summed E-state index contributed by atoms with van der Waals surface area (Å²) in [5.41, 5.74) is 2.74. The van der Waals surface area contributed by atoms with Crippen LogP contribution in [0.2, 0.25) is 0 Å². The molecular formula is C16H15Ti. The molecule has 0 aliphatic rings. The van der Waals surface area contributed by atoms with Crippen molar-refractivity contribution in [1.29, 1.82) is 0 Å². The molecule has 1 heteroatoms. The van der Waals surface area contributed by atoms with Crippen molar-refractivity contribution in [3.63, 3.8) is 0 Å². The first-order valence-corrected chi connectivity index (χ1v) is 6.73. The summed E-state index contributed by atoms with van der Waals surface area (Å²) in [7, 11) is 0. The molecular weight excluding hydrogens is 240 g/mol. The van der Waals surface area contributed by atoms with E-state index in [9.17, 15) is 0 Å². The van der Waals surface area contributed by atoms with Crippen LogP contribution in [-0.4, -0.2) is 0 Å². The molecule has 2 aromatic carbocycles. The first-order chi connectivity index (χ1) is 8.36. The van der Waals surface area contributed by atoms with Gasteiger partial charge in [0.1, 0.15) is 0 Å². The molecule has 0 saturated carbocycles. The van der Waals surface area contributed by atoms with Gasteiger partial charge in [0.25, 0.3) is 0 Å². The Morgan fingerprint density at radius 3 is 2.12 bits per heavy atom. The maximum absolute atomic E-state index is 2.28. The van der Waals surface area contributed by atoms with Gasteiger partial charge in [-0.05, 0) is 0 Å². The summed E-state index contributed by atoms with van der Waals surface area (Å²) in [6.07, 6.45) is 5.55. The minimum atomic E-state index is 0.486. The second-order valence-electron chi connectivity index (χ2n) is 4.01. The fourth-order valence-electron chi connectivity index (χ4n) is 1.73. The van der Waals surface area contributed by atoms with Gasteiger partial charge in [0.05, 0.1) is 0 Å². The van der Waals surface area contributed by atoms with Crippen molar-refractivity contribution in [1.82, 2.24) is 0 Å². The van der Waals surface area contributed by atoms with Crippen LogP contribution in [0.5, 0.6) is 0 Å². The average molecular weight is 255 g/mol. The topological polar surface area (TPSA) is 0 Å². The zero-order chi connectivity index (χ0) is 11.9. The third-order valence-electron chi connectivity index (χ3n) is 2.68. The van der Waals surface area contributed by atoms with Gasteiger partial charge in [0, 0.05) is 0 Å². The minimum absolute atomic E-state index is 0.486. The predicted octanol–water partition coefficient (Wildman–Crippen LogP) is 4.07. The van der Waals surface area contributed by atoms with Crippen LogP contribution in [0, 0.1) is 0 Å². The summed E-state index contributed by atoms with van der Waals surface area (Å²) in [6, 6.07) is 21.2. The van der Waals surface area contributed by atoms with Crippen molar-refractivity contribution in [2.45, 2.75) is 10.6 Å². The molecule has 0 aliphatic heterocycles. The number of hydrogen-bond acceptors (Lipinski definition) is 0. The number of hydrogen-bond donors (Lipinski definition) is 0. The molecule has 83 valence electrons. The molecule has 1 atom stereocenters. The summed E-state index contributed by atoms with van der Waals surface area (Å²) < 4.78 is 0.486. The van der Waals surface area contributed by atoms with Crippen LogP contribution in [0.3, 0.4) is 0 Å². The van der Waals surface area contributed by atoms with E-state index in [0.717, 1.165) is 6.42 Å². The molecule has 0 nitrogen and oxygen atoms in total. The van der Waals surface area contributed by atoms with Crippen LogP contribution in [0.1, 0.15) is 15.3 Å². The number of rotatable bonds is 4. The molecule has 0 fully saturated rings. The molecule has 0 spiro atoms. The third kappa shape index (κ3) is 4.00. The van der Waals surface area contributed by atoms with Crippen molar-refractivity contribution >= 4 is 0 Å². The fourth-order valence-corrected chi connectivity index (χ4v) is 2.24. The van der Waals surface area contributed by atoms with Crippen molar-refractivity contribution in [3.8, 4) is 0 Å². The van der Waals surface area contributed by atoms with E-state index in [0.29, 0.717) is 4.22 Å². The van der Waals surface area contributed by atoms with Crippen LogP contribution >= 0.6 is 0 Å². The Labute approximate surface area is 115 Å². The van der Waals surface area contributed by atoms with Crippen LogP contribution in [-0.2, 0) is 26.9 Å². The molecule has 17 heavy (non-hydrogen) atoms. The molecule has 0 aliphatic carbocycles. The van der Waals surface area contributed by atoms with Crippen molar-refractivity contribution < 1.29 is 20.4 Å². The molecule has 0 bridgehead atoms. The average Bonchev–Trinajstić information content (AvgIpc) is 2.41. The van der Waals surface area contributed by atoms with E-state index in [1.807, 2.05) is 0 Å². The summed E-state index contributed by atoms with van der Waals surface area (Å²) in [5, 5.41) is 0. The zero-order valence-corrected chi connectivity index (χ0v) is 11.3. The van der Waals surface area contributed by atoms with Gasteiger partial charge in [0.2, 0.25) is 0 Å². The molecule has 0 saturated heterocycles. The molecule has 0 amide bonds. The van der Waals surface area contributed by atoms with Gasteiger partial charge < -0.3 is 0 Å². The van der Waals surface area contributed by atoms with Gasteiger partial charge in [-0.25, -0.2) is 0 Å². The third-order valence-corrected chi connectivity index (χ3v) is 3.50. The number of benzene rings is 2. The fraction of sp³-hybridized carbons (Fsp3) is 0.125. The molecule has 0 N–H and O–H groups in total. The van der Waals surface area contributed by atoms with E-state index < -0.39 is 0 Å². The first-order valence-electron chi connectivity index (χ1n) is 5.83. The quantitative estimate of drug-likeness (QED) is 0.570. The van der Waals surface area contributed by atoms with Crippen LogP contribution in [0.15, 0.2) is 72.8 Å². The van der Waals surface area contributed by atoms with E-state index in [2.05, 4.69) is 93.3 Å². The summed E-state index contributed by atoms with van der Waals surface area (Å²) in [4.78, 5) is 0. The Hall–Kier alpha value is -1.11. The van der Waals surface area contributed by atoms with Gasteiger partial charge >= 0.3 is 115 Å². The SMILES string of the molecule is [Ti][CH](/C=C/Cc1ccccc1)c1ccccc1. The maximum atomic E-state index is 2.28. The first kappa shape index (κ1) is 12.4. The van der Waals surface area contributed by atoms with E-state index in [1.165, 1.54) is 11.1 Å². The Balaban J connectivity index is 1.93. The van der Waals surface area contributed by atoms with Crippen LogP contribution in [0.4, 0.5) is 0 Å². The van der Waals surface area contributed by atoms with E-state index in [-0.39, 0.29) is 0 Å².